The minimum Gasteiger partial charge on any atom is -0.481 e. The average molecular weight is 248 g/mol. The Morgan fingerprint density at radius 3 is 2.61 bits per heavy atom. The largest absolute Gasteiger partial charge is 0.481 e. The first-order chi connectivity index (χ1) is 8.56. The molecular formula is C13H16N2O3. The van der Waals surface area contributed by atoms with E-state index in [1.807, 2.05) is 12.1 Å². The number of primary amides is 1. The summed E-state index contributed by atoms with van der Waals surface area (Å²) in [5.41, 5.74) is 6.75. The van der Waals surface area contributed by atoms with Gasteiger partial charge in [-0.3, -0.25) is 14.5 Å². The van der Waals surface area contributed by atoms with E-state index in [0.717, 1.165) is 18.7 Å². The van der Waals surface area contributed by atoms with Crippen LogP contribution in [0.2, 0.25) is 0 Å². The molecule has 5 heteroatoms. The molecule has 2 rings (SSSR count). The Morgan fingerprint density at radius 2 is 2.00 bits per heavy atom. The Labute approximate surface area is 105 Å². The van der Waals surface area contributed by atoms with Gasteiger partial charge in [-0.05, 0) is 17.5 Å². The van der Waals surface area contributed by atoms with Crippen LogP contribution in [0.25, 0.3) is 0 Å². The van der Waals surface area contributed by atoms with Crippen molar-refractivity contribution in [1.29, 1.82) is 0 Å². The Balaban J connectivity index is 1.92. The monoisotopic (exact) mass is 248 g/mol. The van der Waals surface area contributed by atoms with Crippen LogP contribution in [0.4, 0.5) is 0 Å². The predicted octanol–water partition coefficient (Wildman–Crippen LogP) is 0.692. The summed E-state index contributed by atoms with van der Waals surface area (Å²) in [6.07, 6.45) is 0.216. The number of hydrogen-bond donors (Lipinski definition) is 2. The highest BCUT2D eigenvalue weighted by Crippen LogP contribution is 2.22. The Hall–Kier alpha value is -1.88. The van der Waals surface area contributed by atoms with Gasteiger partial charge in [-0.1, -0.05) is 18.2 Å². The van der Waals surface area contributed by atoms with Gasteiger partial charge in [-0.25, -0.2) is 0 Å². The zero-order valence-electron chi connectivity index (χ0n) is 10.0. The highest BCUT2D eigenvalue weighted by Gasteiger charge is 2.28. The molecule has 1 saturated heterocycles. The summed E-state index contributed by atoms with van der Waals surface area (Å²) in [5.74, 6) is -0.950. The van der Waals surface area contributed by atoms with Gasteiger partial charge in [0.2, 0.25) is 5.91 Å². The van der Waals surface area contributed by atoms with Gasteiger partial charge in [0.25, 0.3) is 0 Å². The first-order valence-corrected chi connectivity index (χ1v) is 5.88. The zero-order chi connectivity index (χ0) is 13.1. The first-order valence-electron chi connectivity index (χ1n) is 5.88. The zero-order valence-corrected chi connectivity index (χ0v) is 10.0. The fourth-order valence-electron chi connectivity index (χ4n) is 2.32. The highest BCUT2D eigenvalue weighted by molar-refractivity contribution is 5.94. The van der Waals surface area contributed by atoms with Gasteiger partial charge in [-0.15, -0.1) is 0 Å². The van der Waals surface area contributed by atoms with Crippen LogP contribution in [0.3, 0.4) is 0 Å². The molecule has 0 aliphatic carbocycles. The van der Waals surface area contributed by atoms with Crippen LogP contribution in [-0.2, 0) is 11.3 Å². The Morgan fingerprint density at radius 1 is 1.33 bits per heavy atom. The summed E-state index contributed by atoms with van der Waals surface area (Å²) in [4.78, 5) is 23.9. The lowest BCUT2D eigenvalue weighted by Gasteiger charge is -2.38. The maximum atomic E-state index is 11.2. The van der Waals surface area contributed by atoms with Crippen molar-refractivity contribution in [2.45, 2.75) is 13.0 Å². The number of nitrogens with zero attached hydrogens (tertiary/aromatic N) is 1. The molecule has 1 aromatic rings. The number of carbonyl (C=O) groups excluding carboxylic acids is 1. The number of benzene rings is 1. The molecular weight excluding hydrogens is 232 g/mol. The number of hydrogen-bond acceptors (Lipinski definition) is 3. The second-order valence-corrected chi connectivity index (χ2v) is 4.68. The normalized spacial score (nSPS) is 16.2. The van der Waals surface area contributed by atoms with Crippen LogP contribution < -0.4 is 5.73 Å². The minimum absolute atomic E-state index is 0.216. The number of likely N-dealkylation sites (tertiary alicyclic amines) is 1. The van der Waals surface area contributed by atoms with E-state index in [-0.39, 0.29) is 12.3 Å². The highest BCUT2D eigenvalue weighted by atomic mass is 16.4. The smallest absolute Gasteiger partial charge is 0.303 e. The summed E-state index contributed by atoms with van der Waals surface area (Å²) in [7, 11) is 0. The predicted molar refractivity (Wildman–Crippen MR) is 66.0 cm³/mol. The molecule has 5 nitrogen and oxygen atoms in total. The van der Waals surface area contributed by atoms with Crippen molar-refractivity contribution in [2.24, 2.45) is 11.7 Å². The molecule has 0 saturated carbocycles. The second kappa shape index (κ2) is 5.18. The maximum Gasteiger partial charge on any atom is 0.303 e. The van der Waals surface area contributed by atoms with Gasteiger partial charge < -0.3 is 10.8 Å². The molecule has 1 aliphatic heterocycles. The van der Waals surface area contributed by atoms with Crippen LogP contribution in [0.5, 0.6) is 0 Å². The van der Waals surface area contributed by atoms with Crippen molar-refractivity contribution in [1.82, 2.24) is 4.90 Å². The third-order valence-electron chi connectivity index (χ3n) is 3.17. The summed E-state index contributed by atoms with van der Waals surface area (Å²) in [6, 6.07) is 7.25. The van der Waals surface area contributed by atoms with Gasteiger partial charge in [0, 0.05) is 25.2 Å². The van der Waals surface area contributed by atoms with E-state index in [2.05, 4.69) is 4.90 Å². The van der Waals surface area contributed by atoms with E-state index in [4.69, 9.17) is 10.8 Å². The van der Waals surface area contributed by atoms with Crippen molar-refractivity contribution in [3.8, 4) is 0 Å². The summed E-state index contributed by atoms with van der Waals surface area (Å²) < 4.78 is 0. The van der Waals surface area contributed by atoms with E-state index in [0.29, 0.717) is 12.1 Å². The molecule has 0 atom stereocenters. The third-order valence-corrected chi connectivity index (χ3v) is 3.17. The number of nitrogens with two attached hydrogens (primary N) is 1. The van der Waals surface area contributed by atoms with Crippen molar-refractivity contribution < 1.29 is 14.7 Å². The first kappa shape index (κ1) is 12.6. The fourth-order valence-corrected chi connectivity index (χ4v) is 2.32. The van der Waals surface area contributed by atoms with Crippen LogP contribution in [0.15, 0.2) is 24.3 Å². The molecule has 18 heavy (non-hydrogen) atoms. The number of carboxylic acid groups (broad SMARTS) is 1. The number of carbonyl (C=O) groups is 2. The van der Waals surface area contributed by atoms with Crippen LogP contribution in [-0.4, -0.2) is 35.0 Å². The molecule has 1 heterocycles. The molecule has 1 aromatic carbocycles. The van der Waals surface area contributed by atoms with E-state index in [9.17, 15) is 9.59 Å². The number of aliphatic carboxylic acids is 1. The van der Waals surface area contributed by atoms with Crippen LogP contribution in [0, 0.1) is 5.92 Å². The summed E-state index contributed by atoms with van der Waals surface area (Å²) >= 11 is 0. The van der Waals surface area contributed by atoms with Crippen molar-refractivity contribution in [2.75, 3.05) is 13.1 Å². The third kappa shape index (κ3) is 2.87. The molecule has 3 N–H and O–H groups in total. The lowest BCUT2D eigenvalue weighted by Crippen LogP contribution is -2.46. The molecule has 1 amide bonds. The van der Waals surface area contributed by atoms with Gasteiger partial charge in [-0.2, -0.15) is 0 Å². The van der Waals surface area contributed by atoms with Gasteiger partial charge in [0.05, 0.1) is 6.42 Å². The maximum absolute atomic E-state index is 11.2. The van der Waals surface area contributed by atoms with Crippen LogP contribution in [0.1, 0.15) is 22.3 Å². The number of amides is 1. The molecule has 0 spiro atoms. The fraction of sp³-hybridized carbons (Fsp3) is 0.385. The number of carboxylic acids is 1. The van der Waals surface area contributed by atoms with E-state index in [1.54, 1.807) is 12.1 Å². The Kier molecular flexibility index (Phi) is 3.62. The van der Waals surface area contributed by atoms with Crippen molar-refractivity contribution in [3.05, 3.63) is 35.4 Å². The molecule has 1 aliphatic rings. The molecule has 96 valence electrons. The van der Waals surface area contributed by atoms with E-state index < -0.39 is 11.9 Å². The lowest BCUT2D eigenvalue weighted by atomic mass is 9.95. The van der Waals surface area contributed by atoms with E-state index >= 15 is 0 Å². The molecule has 0 aromatic heterocycles. The number of rotatable bonds is 5. The van der Waals surface area contributed by atoms with Crippen molar-refractivity contribution >= 4 is 11.9 Å². The quantitative estimate of drug-likeness (QED) is 0.803. The van der Waals surface area contributed by atoms with E-state index in [1.165, 1.54) is 0 Å². The molecule has 0 bridgehead atoms. The molecule has 0 unspecified atom stereocenters. The SMILES string of the molecule is NC(=O)c1ccccc1CN1CC(CC(=O)O)C1. The summed E-state index contributed by atoms with van der Waals surface area (Å²) in [5, 5.41) is 8.66. The second-order valence-electron chi connectivity index (χ2n) is 4.68. The average Bonchev–Trinajstić information content (AvgIpc) is 2.26. The molecule has 0 radical (unpaired) electrons. The minimum atomic E-state index is -0.753. The molecule has 1 fully saturated rings. The standard InChI is InChI=1S/C13H16N2O3/c14-13(18)11-4-2-1-3-10(11)8-15-6-9(7-15)5-12(16)17/h1-4,9H,5-8H2,(H2,14,18)(H,16,17). The topological polar surface area (TPSA) is 83.6 Å². The van der Waals surface area contributed by atoms with Gasteiger partial charge in [0.15, 0.2) is 0 Å². The van der Waals surface area contributed by atoms with Gasteiger partial charge >= 0.3 is 5.97 Å². The Bertz CT molecular complexity index is 467. The van der Waals surface area contributed by atoms with Crippen molar-refractivity contribution in [3.63, 3.8) is 0 Å². The van der Waals surface area contributed by atoms with Gasteiger partial charge in [0.1, 0.15) is 0 Å². The van der Waals surface area contributed by atoms with Crippen LogP contribution >= 0.6 is 0 Å². The lowest BCUT2D eigenvalue weighted by molar-refractivity contribution is -0.139. The summed E-state index contributed by atoms with van der Waals surface area (Å²) in [6.45, 7) is 2.17.